The highest BCUT2D eigenvalue weighted by Crippen LogP contribution is 2.30. The molecular formula is C16H21N5O. The Morgan fingerprint density at radius 2 is 2.09 bits per heavy atom. The average Bonchev–Trinajstić information content (AvgIpc) is 2.81. The van der Waals surface area contributed by atoms with E-state index in [1.54, 1.807) is 0 Å². The SMILES string of the molecule is CCn1c(C)nnc1CN1CC(C)C(=O)Nc2ccccc21. The first-order chi connectivity index (χ1) is 10.6. The van der Waals surface area contributed by atoms with E-state index in [-0.39, 0.29) is 11.8 Å². The maximum Gasteiger partial charge on any atom is 0.229 e. The lowest BCUT2D eigenvalue weighted by Crippen LogP contribution is -2.31. The van der Waals surface area contributed by atoms with Crippen LogP contribution in [0.2, 0.25) is 0 Å². The van der Waals surface area contributed by atoms with Gasteiger partial charge in [-0.15, -0.1) is 10.2 Å². The summed E-state index contributed by atoms with van der Waals surface area (Å²) in [6.45, 7) is 8.15. The molecule has 0 bridgehead atoms. The first-order valence-electron chi connectivity index (χ1n) is 7.63. The zero-order valence-electron chi connectivity index (χ0n) is 13.2. The molecule has 22 heavy (non-hydrogen) atoms. The third-order valence-electron chi connectivity index (χ3n) is 4.11. The monoisotopic (exact) mass is 299 g/mol. The van der Waals surface area contributed by atoms with Crippen LogP contribution in [0.5, 0.6) is 0 Å². The number of aromatic nitrogens is 3. The molecule has 0 aliphatic carbocycles. The van der Waals surface area contributed by atoms with Gasteiger partial charge in [0.2, 0.25) is 5.91 Å². The van der Waals surface area contributed by atoms with E-state index in [0.29, 0.717) is 13.1 Å². The fraction of sp³-hybridized carbons (Fsp3) is 0.438. The molecule has 1 aliphatic rings. The Morgan fingerprint density at radius 3 is 2.86 bits per heavy atom. The van der Waals surface area contributed by atoms with E-state index in [0.717, 1.165) is 29.6 Å². The number of fused-ring (bicyclic) bond motifs is 1. The zero-order chi connectivity index (χ0) is 15.7. The van der Waals surface area contributed by atoms with E-state index in [9.17, 15) is 4.79 Å². The molecule has 6 heteroatoms. The largest absolute Gasteiger partial charge is 0.362 e. The second-order valence-electron chi connectivity index (χ2n) is 5.70. The Morgan fingerprint density at radius 1 is 1.32 bits per heavy atom. The van der Waals surface area contributed by atoms with Gasteiger partial charge < -0.3 is 14.8 Å². The number of para-hydroxylation sites is 2. The highest BCUT2D eigenvalue weighted by Gasteiger charge is 2.25. The number of carbonyl (C=O) groups excluding carboxylic acids is 1. The van der Waals surface area contributed by atoms with Crippen LogP contribution < -0.4 is 10.2 Å². The number of hydrogen-bond acceptors (Lipinski definition) is 4. The third kappa shape index (κ3) is 2.56. The summed E-state index contributed by atoms with van der Waals surface area (Å²) < 4.78 is 2.10. The molecule has 116 valence electrons. The summed E-state index contributed by atoms with van der Waals surface area (Å²) in [4.78, 5) is 14.3. The highest BCUT2D eigenvalue weighted by atomic mass is 16.1. The number of aryl methyl sites for hydroxylation is 1. The standard InChI is InChI=1S/C16H21N5O/c1-4-21-12(3)18-19-15(21)10-20-9-11(2)16(22)17-13-7-5-6-8-14(13)20/h5-8,11H,4,9-10H2,1-3H3,(H,17,22). The number of nitrogens with one attached hydrogen (secondary N) is 1. The van der Waals surface area contributed by atoms with Gasteiger partial charge in [-0.1, -0.05) is 19.1 Å². The minimum Gasteiger partial charge on any atom is -0.362 e. The lowest BCUT2D eigenvalue weighted by atomic mass is 10.1. The molecule has 0 spiro atoms. The Hall–Kier alpha value is -2.37. The molecule has 0 radical (unpaired) electrons. The minimum atomic E-state index is -0.0773. The minimum absolute atomic E-state index is 0.0584. The maximum absolute atomic E-state index is 12.1. The number of hydrogen-bond donors (Lipinski definition) is 1. The molecule has 2 heterocycles. The van der Waals surface area contributed by atoms with Gasteiger partial charge in [0, 0.05) is 13.1 Å². The number of amides is 1. The van der Waals surface area contributed by atoms with Gasteiger partial charge in [0.25, 0.3) is 0 Å². The van der Waals surface area contributed by atoms with Crippen LogP contribution in [0.25, 0.3) is 0 Å². The summed E-state index contributed by atoms with van der Waals surface area (Å²) >= 11 is 0. The van der Waals surface area contributed by atoms with Crippen LogP contribution in [0.4, 0.5) is 11.4 Å². The van der Waals surface area contributed by atoms with E-state index in [2.05, 4.69) is 31.9 Å². The van der Waals surface area contributed by atoms with Gasteiger partial charge >= 0.3 is 0 Å². The van der Waals surface area contributed by atoms with Gasteiger partial charge in [0.15, 0.2) is 5.82 Å². The van der Waals surface area contributed by atoms with Crippen molar-refractivity contribution < 1.29 is 4.79 Å². The van der Waals surface area contributed by atoms with E-state index < -0.39 is 0 Å². The normalized spacial score (nSPS) is 17.9. The van der Waals surface area contributed by atoms with Gasteiger partial charge in [0.1, 0.15) is 5.82 Å². The van der Waals surface area contributed by atoms with Gasteiger partial charge in [-0.3, -0.25) is 4.79 Å². The lowest BCUT2D eigenvalue weighted by molar-refractivity contribution is -0.119. The smallest absolute Gasteiger partial charge is 0.229 e. The van der Waals surface area contributed by atoms with Crippen molar-refractivity contribution in [3.8, 4) is 0 Å². The van der Waals surface area contributed by atoms with Gasteiger partial charge in [-0.2, -0.15) is 0 Å². The summed E-state index contributed by atoms with van der Waals surface area (Å²) in [5.74, 6) is 1.83. The first kappa shape index (κ1) is 14.6. The molecule has 1 aromatic heterocycles. The van der Waals surface area contributed by atoms with Crippen molar-refractivity contribution in [2.75, 3.05) is 16.8 Å². The average molecular weight is 299 g/mol. The predicted octanol–water partition coefficient (Wildman–Crippen LogP) is 2.20. The van der Waals surface area contributed by atoms with Crippen LogP contribution in [-0.4, -0.2) is 27.2 Å². The van der Waals surface area contributed by atoms with Gasteiger partial charge in [-0.25, -0.2) is 0 Å². The fourth-order valence-electron chi connectivity index (χ4n) is 2.90. The van der Waals surface area contributed by atoms with E-state index in [4.69, 9.17) is 0 Å². The molecule has 0 saturated heterocycles. The Bertz CT molecular complexity index is 694. The zero-order valence-corrected chi connectivity index (χ0v) is 13.2. The molecule has 1 N–H and O–H groups in total. The lowest BCUT2D eigenvalue weighted by Gasteiger charge is -2.25. The van der Waals surface area contributed by atoms with Crippen molar-refractivity contribution >= 4 is 17.3 Å². The molecule has 1 aliphatic heterocycles. The summed E-state index contributed by atoms with van der Waals surface area (Å²) in [7, 11) is 0. The molecule has 3 rings (SSSR count). The van der Waals surface area contributed by atoms with Crippen molar-refractivity contribution in [3.63, 3.8) is 0 Å². The van der Waals surface area contributed by atoms with Crippen LogP contribution in [-0.2, 0) is 17.9 Å². The Balaban J connectivity index is 1.96. The summed E-state index contributed by atoms with van der Waals surface area (Å²) in [5, 5.41) is 11.5. The number of anilines is 2. The Labute approximate surface area is 130 Å². The number of nitrogens with zero attached hydrogens (tertiary/aromatic N) is 4. The second-order valence-corrected chi connectivity index (χ2v) is 5.70. The predicted molar refractivity (Wildman–Crippen MR) is 85.7 cm³/mol. The molecule has 1 atom stereocenters. The highest BCUT2D eigenvalue weighted by molar-refractivity contribution is 5.97. The first-order valence-corrected chi connectivity index (χ1v) is 7.63. The van der Waals surface area contributed by atoms with Crippen LogP contribution in [0.3, 0.4) is 0 Å². The molecule has 1 aromatic carbocycles. The van der Waals surface area contributed by atoms with Crippen molar-refractivity contribution in [3.05, 3.63) is 35.9 Å². The van der Waals surface area contributed by atoms with Crippen LogP contribution >= 0.6 is 0 Å². The van der Waals surface area contributed by atoms with Crippen LogP contribution in [0, 0.1) is 12.8 Å². The molecule has 1 unspecified atom stereocenters. The fourth-order valence-corrected chi connectivity index (χ4v) is 2.90. The van der Waals surface area contributed by atoms with E-state index >= 15 is 0 Å². The van der Waals surface area contributed by atoms with E-state index in [1.165, 1.54) is 0 Å². The summed E-state index contributed by atoms with van der Waals surface area (Å²) in [5.41, 5.74) is 1.89. The molecule has 6 nitrogen and oxygen atoms in total. The summed E-state index contributed by atoms with van der Waals surface area (Å²) in [6.07, 6.45) is 0. The van der Waals surface area contributed by atoms with Crippen molar-refractivity contribution in [1.29, 1.82) is 0 Å². The van der Waals surface area contributed by atoms with Crippen LogP contribution in [0.1, 0.15) is 25.5 Å². The van der Waals surface area contributed by atoms with Crippen molar-refractivity contribution in [2.45, 2.75) is 33.9 Å². The van der Waals surface area contributed by atoms with Crippen LogP contribution in [0.15, 0.2) is 24.3 Å². The summed E-state index contributed by atoms with van der Waals surface area (Å²) in [6, 6.07) is 7.90. The molecule has 0 fully saturated rings. The molecular weight excluding hydrogens is 278 g/mol. The maximum atomic E-state index is 12.1. The second kappa shape index (κ2) is 5.79. The quantitative estimate of drug-likeness (QED) is 0.944. The number of benzene rings is 1. The topological polar surface area (TPSA) is 63.1 Å². The van der Waals surface area contributed by atoms with E-state index in [1.807, 2.05) is 38.1 Å². The molecule has 1 amide bonds. The van der Waals surface area contributed by atoms with Gasteiger partial charge in [0.05, 0.1) is 23.8 Å². The third-order valence-corrected chi connectivity index (χ3v) is 4.11. The number of rotatable bonds is 3. The van der Waals surface area contributed by atoms with Gasteiger partial charge in [-0.05, 0) is 26.0 Å². The molecule has 0 saturated carbocycles. The molecule has 2 aromatic rings. The number of carbonyl (C=O) groups is 1. The van der Waals surface area contributed by atoms with Crippen molar-refractivity contribution in [2.24, 2.45) is 5.92 Å². The van der Waals surface area contributed by atoms with Crippen molar-refractivity contribution in [1.82, 2.24) is 14.8 Å². The Kier molecular flexibility index (Phi) is 3.83.